The van der Waals surface area contributed by atoms with E-state index in [0.717, 1.165) is 29.7 Å². The minimum absolute atomic E-state index is 0.131. The summed E-state index contributed by atoms with van der Waals surface area (Å²) in [5.74, 6) is -0.715. The van der Waals surface area contributed by atoms with Crippen molar-refractivity contribution in [2.45, 2.75) is 26.3 Å². The Morgan fingerprint density at radius 3 is 2.35 bits per heavy atom. The first kappa shape index (κ1) is 22.6. The zero-order valence-corrected chi connectivity index (χ0v) is 18.8. The van der Waals surface area contributed by atoms with E-state index in [2.05, 4.69) is 0 Å². The van der Waals surface area contributed by atoms with E-state index in [1.165, 1.54) is 0 Å². The van der Waals surface area contributed by atoms with Gasteiger partial charge < -0.3 is 19.6 Å². The van der Waals surface area contributed by atoms with Crippen LogP contribution in [0.2, 0.25) is 0 Å². The van der Waals surface area contributed by atoms with Crippen LogP contribution in [0.25, 0.3) is 5.76 Å². The standard InChI is InChI=1S/C25H30N2O4/c1-16-7-9-18(10-8-16)22-21(23(28)20-12-11-19(31-5)15-17(20)2)24(29)25(30)27(22)14-6-13-26(3)4/h7-12,15,22,28H,6,13-14H2,1-5H3/b23-21+/t22-/m1/s1. The molecule has 0 aliphatic carbocycles. The van der Waals surface area contributed by atoms with Crippen LogP contribution in [-0.4, -0.2) is 60.9 Å². The summed E-state index contributed by atoms with van der Waals surface area (Å²) in [6.45, 7) is 5.05. The predicted octanol–water partition coefficient (Wildman–Crippen LogP) is 3.69. The SMILES string of the molecule is COc1ccc(/C(O)=C2\C(=O)C(=O)N(CCCN(C)C)[C@@H]2c2ccc(C)cc2)c(C)c1. The summed E-state index contributed by atoms with van der Waals surface area (Å²) < 4.78 is 5.24. The molecule has 31 heavy (non-hydrogen) atoms. The van der Waals surface area contributed by atoms with Gasteiger partial charge in [-0.25, -0.2) is 0 Å². The van der Waals surface area contributed by atoms with Gasteiger partial charge in [-0.1, -0.05) is 29.8 Å². The molecule has 0 unspecified atom stereocenters. The maximum Gasteiger partial charge on any atom is 0.295 e. The molecule has 6 nitrogen and oxygen atoms in total. The van der Waals surface area contributed by atoms with E-state index in [0.29, 0.717) is 17.9 Å². The Balaban J connectivity index is 2.11. The van der Waals surface area contributed by atoms with Gasteiger partial charge in [-0.15, -0.1) is 0 Å². The highest BCUT2D eigenvalue weighted by Gasteiger charge is 2.45. The molecule has 2 aromatic carbocycles. The number of hydrogen-bond acceptors (Lipinski definition) is 5. The molecule has 1 heterocycles. The van der Waals surface area contributed by atoms with Gasteiger partial charge in [0.25, 0.3) is 11.7 Å². The third kappa shape index (κ3) is 4.64. The van der Waals surface area contributed by atoms with Crippen LogP contribution in [0.1, 0.15) is 34.7 Å². The molecule has 164 valence electrons. The highest BCUT2D eigenvalue weighted by atomic mass is 16.5. The molecule has 0 bridgehead atoms. The zero-order chi connectivity index (χ0) is 22.7. The van der Waals surface area contributed by atoms with Gasteiger partial charge >= 0.3 is 0 Å². The molecular formula is C25H30N2O4. The second-order valence-corrected chi connectivity index (χ2v) is 8.24. The van der Waals surface area contributed by atoms with Crippen molar-refractivity contribution in [3.8, 4) is 5.75 Å². The lowest BCUT2D eigenvalue weighted by Crippen LogP contribution is -2.32. The maximum atomic E-state index is 13.1. The van der Waals surface area contributed by atoms with E-state index < -0.39 is 17.7 Å². The molecule has 1 fully saturated rings. The van der Waals surface area contributed by atoms with Gasteiger partial charge in [0, 0.05) is 12.1 Å². The summed E-state index contributed by atoms with van der Waals surface area (Å²) in [4.78, 5) is 29.7. The fourth-order valence-electron chi connectivity index (χ4n) is 3.94. The minimum Gasteiger partial charge on any atom is -0.507 e. The van der Waals surface area contributed by atoms with Gasteiger partial charge in [0.05, 0.1) is 18.7 Å². The van der Waals surface area contributed by atoms with E-state index in [4.69, 9.17) is 4.74 Å². The van der Waals surface area contributed by atoms with Crippen LogP contribution in [0.5, 0.6) is 5.75 Å². The van der Waals surface area contributed by atoms with E-state index in [9.17, 15) is 14.7 Å². The number of amides is 1. The highest BCUT2D eigenvalue weighted by Crippen LogP contribution is 2.40. The van der Waals surface area contributed by atoms with Crippen molar-refractivity contribution in [1.29, 1.82) is 0 Å². The number of nitrogens with zero attached hydrogens (tertiary/aromatic N) is 2. The Hall–Kier alpha value is -3.12. The van der Waals surface area contributed by atoms with Crippen molar-refractivity contribution in [2.75, 3.05) is 34.3 Å². The number of carbonyl (C=O) groups excluding carboxylic acids is 2. The first-order chi connectivity index (χ1) is 14.7. The summed E-state index contributed by atoms with van der Waals surface area (Å²) in [6, 6.07) is 12.4. The lowest BCUT2D eigenvalue weighted by Gasteiger charge is -2.26. The summed E-state index contributed by atoms with van der Waals surface area (Å²) in [5, 5.41) is 11.2. The van der Waals surface area contributed by atoms with Crippen LogP contribution in [0.15, 0.2) is 48.0 Å². The van der Waals surface area contributed by atoms with Crippen molar-refractivity contribution in [1.82, 2.24) is 9.80 Å². The average Bonchev–Trinajstić information content (AvgIpc) is 2.98. The van der Waals surface area contributed by atoms with Gasteiger partial charge in [0.1, 0.15) is 11.5 Å². The Labute approximate surface area is 183 Å². The first-order valence-corrected chi connectivity index (χ1v) is 10.4. The molecule has 1 amide bonds. The van der Waals surface area contributed by atoms with Crippen LogP contribution < -0.4 is 4.74 Å². The first-order valence-electron chi connectivity index (χ1n) is 10.4. The number of ketones is 1. The molecule has 6 heteroatoms. The molecule has 3 rings (SSSR count). The number of carbonyl (C=O) groups is 2. The molecule has 0 aromatic heterocycles. The highest BCUT2D eigenvalue weighted by molar-refractivity contribution is 6.46. The minimum atomic E-state index is -0.650. The van der Waals surface area contributed by atoms with Gasteiger partial charge in [-0.2, -0.15) is 0 Å². The molecule has 0 radical (unpaired) electrons. The van der Waals surface area contributed by atoms with Crippen LogP contribution in [0, 0.1) is 13.8 Å². The molecule has 0 saturated carbocycles. The van der Waals surface area contributed by atoms with Crippen molar-refractivity contribution < 1.29 is 19.4 Å². The average molecular weight is 423 g/mol. The fourth-order valence-corrected chi connectivity index (χ4v) is 3.94. The van der Waals surface area contributed by atoms with Gasteiger partial charge in [-0.3, -0.25) is 9.59 Å². The molecule has 1 N–H and O–H groups in total. The third-order valence-electron chi connectivity index (χ3n) is 5.63. The second-order valence-electron chi connectivity index (χ2n) is 8.24. The molecule has 0 spiro atoms. The number of aliphatic hydroxyl groups is 1. The number of hydrogen-bond donors (Lipinski definition) is 1. The summed E-state index contributed by atoms with van der Waals surface area (Å²) >= 11 is 0. The molecule has 2 aromatic rings. The molecule has 1 atom stereocenters. The summed E-state index contributed by atoms with van der Waals surface area (Å²) in [5.41, 5.74) is 3.30. The molecule has 1 aliphatic rings. The number of aryl methyl sites for hydroxylation is 2. The third-order valence-corrected chi connectivity index (χ3v) is 5.63. The van der Waals surface area contributed by atoms with Crippen molar-refractivity contribution in [2.24, 2.45) is 0 Å². The number of benzene rings is 2. The largest absolute Gasteiger partial charge is 0.507 e. The van der Waals surface area contributed by atoms with Crippen LogP contribution in [-0.2, 0) is 9.59 Å². The Morgan fingerprint density at radius 2 is 1.77 bits per heavy atom. The Kier molecular flexibility index (Phi) is 6.81. The summed E-state index contributed by atoms with van der Waals surface area (Å²) in [6.07, 6.45) is 0.726. The van der Waals surface area contributed by atoms with Crippen molar-refractivity contribution >= 4 is 17.4 Å². The van der Waals surface area contributed by atoms with Gasteiger partial charge in [0.2, 0.25) is 0 Å². The van der Waals surface area contributed by atoms with Gasteiger partial charge in [-0.05, 0) is 70.2 Å². The zero-order valence-electron chi connectivity index (χ0n) is 18.8. The number of Topliss-reactive ketones (excluding diaryl/α,β-unsaturated/α-hetero) is 1. The quantitative estimate of drug-likeness (QED) is 0.419. The predicted molar refractivity (Wildman–Crippen MR) is 121 cm³/mol. The normalized spacial score (nSPS) is 18.1. The van der Waals surface area contributed by atoms with Crippen molar-refractivity contribution in [3.05, 3.63) is 70.3 Å². The number of likely N-dealkylation sites (tertiary alicyclic amines) is 1. The van der Waals surface area contributed by atoms with E-state index in [1.54, 1.807) is 30.2 Å². The topological polar surface area (TPSA) is 70.1 Å². The second kappa shape index (κ2) is 9.35. The monoisotopic (exact) mass is 422 g/mol. The van der Waals surface area contributed by atoms with E-state index in [-0.39, 0.29) is 11.3 Å². The number of ether oxygens (including phenoxy) is 1. The molecular weight excluding hydrogens is 392 g/mol. The number of rotatable bonds is 7. The van der Waals surface area contributed by atoms with Gasteiger partial charge in [0.15, 0.2) is 0 Å². The smallest absolute Gasteiger partial charge is 0.295 e. The fraction of sp³-hybridized carbons (Fsp3) is 0.360. The van der Waals surface area contributed by atoms with Crippen LogP contribution >= 0.6 is 0 Å². The lowest BCUT2D eigenvalue weighted by molar-refractivity contribution is -0.139. The lowest BCUT2D eigenvalue weighted by atomic mass is 9.93. The Morgan fingerprint density at radius 1 is 1.10 bits per heavy atom. The number of aliphatic hydroxyl groups excluding tert-OH is 1. The summed E-state index contributed by atoms with van der Waals surface area (Å²) in [7, 11) is 5.51. The van der Waals surface area contributed by atoms with Crippen LogP contribution in [0.3, 0.4) is 0 Å². The van der Waals surface area contributed by atoms with E-state index in [1.807, 2.05) is 57.1 Å². The van der Waals surface area contributed by atoms with Crippen LogP contribution in [0.4, 0.5) is 0 Å². The molecule has 1 aliphatic heterocycles. The molecule has 1 saturated heterocycles. The maximum absolute atomic E-state index is 13.1. The van der Waals surface area contributed by atoms with E-state index >= 15 is 0 Å². The number of methoxy groups -OCH3 is 1. The Bertz CT molecular complexity index is 1010. The van der Waals surface area contributed by atoms with Crippen molar-refractivity contribution in [3.63, 3.8) is 0 Å².